The highest BCUT2D eigenvalue weighted by atomic mass is 35.5. The molecule has 2 atom stereocenters. The number of halogens is 1. The molecule has 1 heterocycles. The first-order valence-electron chi connectivity index (χ1n) is 7.01. The number of anilines is 1. The number of rotatable bonds is 6. The number of nitrogens with zero attached hydrogens (tertiary/aromatic N) is 1. The fourth-order valence-electron chi connectivity index (χ4n) is 2.24. The topological polar surface area (TPSA) is 42.0 Å². The summed E-state index contributed by atoms with van der Waals surface area (Å²) in [5, 5.41) is 5.40. The highest BCUT2D eigenvalue weighted by Gasteiger charge is 2.26. The van der Waals surface area contributed by atoms with E-state index in [1.54, 1.807) is 0 Å². The third-order valence-corrected chi connectivity index (χ3v) is 4.65. The Bertz CT molecular complexity index is 585. The average Bonchev–Trinajstić information content (AvgIpc) is 2.96. The summed E-state index contributed by atoms with van der Waals surface area (Å²) in [4.78, 5) is 16.9. The molecule has 21 heavy (non-hydrogen) atoms. The van der Waals surface area contributed by atoms with Gasteiger partial charge < -0.3 is 5.32 Å². The van der Waals surface area contributed by atoms with Crippen LogP contribution in [0.4, 0.5) is 5.13 Å². The first-order valence-corrected chi connectivity index (χ1v) is 8.43. The Hall–Kier alpha value is -1.39. The van der Waals surface area contributed by atoms with Crippen molar-refractivity contribution in [2.24, 2.45) is 5.92 Å². The Morgan fingerprint density at radius 3 is 2.67 bits per heavy atom. The summed E-state index contributed by atoms with van der Waals surface area (Å²) in [6.45, 7) is 4.20. The van der Waals surface area contributed by atoms with E-state index in [0.717, 1.165) is 17.7 Å². The van der Waals surface area contributed by atoms with Crippen molar-refractivity contribution >= 4 is 34.0 Å². The Kier molecular flexibility index (Phi) is 5.76. The van der Waals surface area contributed by atoms with Crippen molar-refractivity contribution in [1.82, 2.24) is 4.98 Å². The lowest BCUT2D eigenvalue weighted by Crippen LogP contribution is -2.26. The highest BCUT2D eigenvalue weighted by molar-refractivity contribution is 7.14. The van der Waals surface area contributed by atoms with Crippen molar-refractivity contribution in [2.75, 3.05) is 5.32 Å². The molecule has 3 nitrogen and oxygen atoms in total. The van der Waals surface area contributed by atoms with Crippen molar-refractivity contribution < 1.29 is 4.79 Å². The SMILES string of the molecule is CCC(C)C(C(=O)Nc1nc(CCl)cs1)c1ccccc1. The fourth-order valence-corrected chi connectivity index (χ4v) is 3.18. The van der Waals surface area contributed by atoms with Crippen LogP contribution in [0.25, 0.3) is 0 Å². The lowest BCUT2D eigenvalue weighted by Gasteiger charge is -2.22. The molecule has 5 heteroatoms. The van der Waals surface area contributed by atoms with Crippen molar-refractivity contribution in [2.45, 2.75) is 32.1 Å². The Balaban J connectivity index is 2.18. The molecule has 1 aromatic heterocycles. The lowest BCUT2D eigenvalue weighted by atomic mass is 9.85. The minimum Gasteiger partial charge on any atom is -0.301 e. The minimum absolute atomic E-state index is 0.00831. The number of thiazole rings is 1. The second-order valence-corrected chi connectivity index (χ2v) is 6.17. The van der Waals surface area contributed by atoms with Crippen LogP contribution < -0.4 is 5.32 Å². The zero-order valence-electron chi connectivity index (χ0n) is 12.2. The van der Waals surface area contributed by atoms with E-state index in [1.807, 2.05) is 35.7 Å². The third-order valence-electron chi connectivity index (χ3n) is 3.57. The average molecular weight is 323 g/mol. The number of hydrogen-bond acceptors (Lipinski definition) is 3. The van der Waals surface area contributed by atoms with E-state index >= 15 is 0 Å². The Labute approximate surface area is 134 Å². The summed E-state index contributed by atoms with van der Waals surface area (Å²) in [5.74, 6) is 0.449. The minimum atomic E-state index is -0.167. The van der Waals surface area contributed by atoms with Crippen molar-refractivity contribution in [3.05, 3.63) is 47.0 Å². The van der Waals surface area contributed by atoms with E-state index in [4.69, 9.17) is 11.6 Å². The monoisotopic (exact) mass is 322 g/mol. The molecule has 0 saturated heterocycles. The van der Waals surface area contributed by atoms with Crippen LogP contribution >= 0.6 is 22.9 Å². The molecule has 0 aliphatic rings. The molecule has 0 spiro atoms. The van der Waals surface area contributed by atoms with Crippen LogP contribution in [-0.4, -0.2) is 10.9 Å². The van der Waals surface area contributed by atoms with E-state index < -0.39 is 0 Å². The first kappa shape index (κ1) is 16.0. The number of hydrogen-bond donors (Lipinski definition) is 1. The molecule has 2 aromatic rings. The number of benzene rings is 1. The zero-order chi connectivity index (χ0) is 15.2. The quantitative estimate of drug-likeness (QED) is 0.786. The molecule has 0 saturated carbocycles. The number of nitrogens with one attached hydrogen (secondary N) is 1. The molecule has 0 aliphatic heterocycles. The van der Waals surface area contributed by atoms with Crippen molar-refractivity contribution in [3.63, 3.8) is 0 Å². The maximum absolute atomic E-state index is 12.6. The van der Waals surface area contributed by atoms with Gasteiger partial charge in [0.25, 0.3) is 0 Å². The van der Waals surface area contributed by atoms with Crippen LogP contribution in [0.5, 0.6) is 0 Å². The smallest absolute Gasteiger partial charge is 0.233 e. The Morgan fingerprint density at radius 1 is 1.38 bits per heavy atom. The fraction of sp³-hybridized carbons (Fsp3) is 0.375. The van der Waals surface area contributed by atoms with E-state index in [1.165, 1.54) is 11.3 Å². The summed E-state index contributed by atoms with van der Waals surface area (Å²) < 4.78 is 0. The molecule has 0 radical (unpaired) electrons. The number of amides is 1. The third kappa shape index (κ3) is 4.05. The number of carbonyl (C=O) groups excluding carboxylic acids is 1. The molecule has 1 N–H and O–H groups in total. The van der Waals surface area contributed by atoms with Gasteiger partial charge in [0, 0.05) is 5.38 Å². The molecular weight excluding hydrogens is 304 g/mol. The standard InChI is InChI=1S/C16H19ClN2OS/c1-3-11(2)14(12-7-5-4-6-8-12)15(20)19-16-18-13(9-17)10-21-16/h4-8,10-11,14H,3,9H2,1-2H3,(H,18,19,20). The van der Waals surface area contributed by atoms with E-state index in [0.29, 0.717) is 11.0 Å². The maximum Gasteiger partial charge on any atom is 0.233 e. The molecule has 0 aliphatic carbocycles. The molecule has 1 aromatic carbocycles. The lowest BCUT2D eigenvalue weighted by molar-refractivity contribution is -0.118. The van der Waals surface area contributed by atoms with E-state index in [9.17, 15) is 4.79 Å². The summed E-state index contributed by atoms with van der Waals surface area (Å²) in [6, 6.07) is 9.90. The highest BCUT2D eigenvalue weighted by Crippen LogP contribution is 2.29. The van der Waals surface area contributed by atoms with Crippen LogP contribution in [0.1, 0.15) is 37.4 Å². The van der Waals surface area contributed by atoms with E-state index in [-0.39, 0.29) is 17.7 Å². The predicted octanol–water partition coefficient (Wildman–Crippen LogP) is 4.65. The van der Waals surface area contributed by atoms with Gasteiger partial charge in [-0.1, -0.05) is 50.6 Å². The summed E-state index contributed by atoms with van der Waals surface area (Å²) in [7, 11) is 0. The molecule has 0 bridgehead atoms. The van der Waals surface area contributed by atoms with Gasteiger partial charge >= 0.3 is 0 Å². The first-order chi connectivity index (χ1) is 10.2. The molecule has 2 unspecified atom stereocenters. The van der Waals surface area contributed by atoms with Gasteiger partial charge in [-0.2, -0.15) is 0 Å². The molecule has 112 valence electrons. The second kappa shape index (κ2) is 7.57. The van der Waals surface area contributed by atoms with Gasteiger partial charge in [0.05, 0.1) is 17.5 Å². The molecule has 2 rings (SSSR count). The number of alkyl halides is 1. The van der Waals surface area contributed by atoms with Crippen LogP contribution in [0.15, 0.2) is 35.7 Å². The normalized spacial score (nSPS) is 13.7. The number of aromatic nitrogens is 1. The maximum atomic E-state index is 12.6. The van der Waals surface area contributed by atoms with Crippen molar-refractivity contribution in [1.29, 1.82) is 0 Å². The summed E-state index contributed by atoms with van der Waals surface area (Å²) in [6.07, 6.45) is 0.942. The van der Waals surface area contributed by atoms with Gasteiger partial charge in [0.1, 0.15) is 0 Å². The largest absolute Gasteiger partial charge is 0.301 e. The summed E-state index contributed by atoms with van der Waals surface area (Å²) in [5.41, 5.74) is 1.83. The van der Waals surface area contributed by atoms with Gasteiger partial charge in [-0.3, -0.25) is 4.79 Å². The van der Waals surface area contributed by atoms with Gasteiger partial charge in [-0.05, 0) is 11.5 Å². The van der Waals surface area contributed by atoms with Crippen LogP contribution in [0.2, 0.25) is 0 Å². The van der Waals surface area contributed by atoms with Crippen LogP contribution in [0.3, 0.4) is 0 Å². The van der Waals surface area contributed by atoms with Crippen LogP contribution in [-0.2, 0) is 10.7 Å². The second-order valence-electron chi connectivity index (χ2n) is 5.04. The Morgan fingerprint density at radius 2 is 2.10 bits per heavy atom. The van der Waals surface area contributed by atoms with Crippen LogP contribution in [0, 0.1) is 5.92 Å². The van der Waals surface area contributed by atoms with Crippen molar-refractivity contribution in [3.8, 4) is 0 Å². The zero-order valence-corrected chi connectivity index (χ0v) is 13.7. The van der Waals surface area contributed by atoms with E-state index in [2.05, 4.69) is 24.1 Å². The number of carbonyl (C=O) groups is 1. The molecule has 1 amide bonds. The van der Waals surface area contributed by atoms with Gasteiger partial charge in [0.15, 0.2) is 5.13 Å². The molecule has 0 fully saturated rings. The van der Waals surface area contributed by atoms with Gasteiger partial charge in [-0.25, -0.2) is 4.98 Å². The molecular formula is C16H19ClN2OS. The van der Waals surface area contributed by atoms with Gasteiger partial charge in [-0.15, -0.1) is 22.9 Å². The van der Waals surface area contributed by atoms with Gasteiger partial charge in [0.2, 0.25) is 5.91 Å². The predicted molar refractivity (Wildman–Crippen MR) is 88.9 cm³/mol. The summed E-state index contributed by atoms with van der Waals surface area (Å²) >= 11 is 7.15.